The Labute approximate surface area is 108 Å². The first-order valence-electron chi connectivity index (χ1n) is 4.84. The number of hydrogen-bond acceptors (Lipinski definition) is 6. The minimum absolute atomic E-state index is 0.00253. The van der Waals surface area contributed by atoms with Gasteiger partial charge in [0.2, 0.25) is 0 Å². The molecule has 8 heteroatoms. The van der Waals surface area contributed by atoms with Crippen LogP contribution in [0.5, 0.6) is 5.75 Å². The summed E-state index contributed by atoms with van der Waals surface area (Å²) < 4.78 is 27.1. The van der Waals surface area contributed by atoms with E-state index in [9.17, 15) is 13.5 Å². The highest BCUT2D eigenvalue weighted by Gasteiger charge is 2.15. The van der Waals surface area contributed by atoms with Crippen molar-refractivity contribution in [1.29, 1.82) is 0 Å². The molecule has 0 unspecified atom stereocenters. The molecule has 6 nitrogen and oxygen atoms in total. The molecule has 0 saturated carbocycles. The largest absolute Gasteiger partial charge is 0.508 e. The molecule has 0 radical (unpaired) electrons. The van der Waals surface area contributed by atoms with E-state index < -0.39 is 9.84 Å². The van der Waals surface area contributed by atoms with Gasteiger partial charge in [-0.1, -0.05) is 16.8 Å². The molecule has 0 saturated heterocycles. The number of halogens is 1. The van der Waals surface area contributed by atoms with Crippen molar-refractivity contribution in [3.05, 3.63) is 29.0 Å². The van der Waals surface area contributed by atoms with Crippen LogP contribution >= 0.6 is 11.6 Å². The van der Waals surface area contributed by atoms with Crippen molar-refractivity contribution in [3.8, 4) is 17.2 Å². The van der Waals surface area contributed by atoms with Gasteiger partial charge in [0.05, 0.1) is 10.6 Å². The third-order valence-electron chi connectivity index (χ3n) is 2.04. The van der Waals surface area contributed by atoms with Gasteiger partial charge in [-0.25, -0.2) is 8.42 Å². The smallest absolute Gasteiger partial charge is 0.259 e. The topological polar surface area (TPSA) is 93.3 Å². The Hall–Kier alpha value is -1.60. The third kappa shape index (κ3) is 2.99. The fourth-order valence-corrected chi connectivity index (χ4v) is 2.12. The number of rotatable bonds is 3. The zero-order valence-electron chi connectivity index (χ0n) is 9.29. The lowest BCUT2D eigenvalue weighted by Gasteiger charge is -1.98. The number of aromatic hydroxyl groups is 1. The van der Waals surface area contributed by atoms with E-state index in [0.29, 0.717) is 10.6 Å². The highest BCUT2D eigenvalue weighted by Crippen LogP contribution is 2.29. The predicted octanol–water partition coefficient (Wildman–Crippen LogP) is 1.64. The number of benzene rings is 1. The van der Waals surface area contributed by atoms with Crippen molar-refractivity contribution in [1.82, 2.24) is 10.1 Å². The van der Waals surface area contributed by atoms with E-state index >= 15 is 0 Å². The number of phenolic OH excluding ortho intramolecular Hbond substituents is 1. The first kappa shape index (κ1) is 12.8. The summed E-state index contributed by atoms with van der Waals surface area (Å²) in [6.07, 6.45) is 1.07. The van der Waals surface area contributed by atoms with E-state index in [4.69, 9.17) is 16.1 Å². The van der Waals surface area contributed by atoms with Crippen molar-refractivity contribution in [2.24, 2.45) is 0 Å². The molecule has 0 aliphatic heterocycles. The zero-order chi connectivity index (χ0) is 13.3. The Kier molecular flexibility index (Phi) is 3.27. The quantitative estimate of drug-likeness (QED) is 0.923. The highest BCUT2D eigenvalue weighted by atomic mass is 35.5. The molecule has 1 aromatic carbocycles. The molecule has 1 aromatic heterocycles. The maximum Gasteiger partial charge on any atom is 0.259 e. The normalized spacial score (nSPS) is 11.7. The van der Waals surface area contributed by atoms with Gasteiger partial charge in [0.15, 0.2) is 15.7 Å². The number of sulfone groups is 1. The molecule has 0 amide bonds. The van der Waals surface area contributed by atoms with E-state index in [0.717, 1.165) is 6.26 Å². The lowest BCUT2D eigenvalue weighted by Crippen LogP contribution is -2.02. The molecule has 2 aromatic rings. The second kappa shape index (κ2) is 4.58. The fraction of sp³-hybridized carbons (Fsp3) is 0.200. The van der Waals surface area contributed by atoms with Gasteiger partial charge < -0.3 is 9.63 Å². The van der Waals surface area contributed by atoms with E-state index in [1.165, 1.54) is 18.2 Å². The Morgan fingerprint density at radius 3 is 2.83 bits per heavy atom. The Bertz CT molecular complexity index is 681. The summed E-state index contributed by atoms with van der Waals surface area (Å²) in [7, 11) is -3.23. The molecule has 0 spiro atoms. The Morgan fingerprint density at radius 1 is 1.44 bits per heavy atom. The summed E-state index contributed by atoms with van der Waals surface area (Å²) in [6.45, 7) is 0. The molecule has 0 fully saturated rings. The molecular weight excluding hydrogens is 280 g/mol. The van der Waals surface area contributed by atoms with Crippen LogP contribution in [0.15, 0.2) is 22.7 Å². The molecule has 0 aliphatic rings. The van der Waals surface area contributed by atoms with E-state index in [1.807, 2.05) is 0 Å². The van der Waals surface area contributed by atoms with Crippen molar-refractivity contribution < 1.29 is 18.0 Å². The van der Waals surface area contributed by atoms with Gasteiger partial charge in [-0.05, 0) is 18.2 Å². The van der Waals surface area contributed by atoms with Crippen LogP contribution in [-0.2, 0) is 15.6 Å². The summed E-state index contributed by atoms with van der Waals surface area (Å²) >= 11 is 5.92. The van der Waals surface area contributed by atoms with Gasteiger partial charge in [0, 0.05) is 6.26 Å². The predicted molar refractivity (Wildman–Crippen MR) is 65.0 cm³/mol. The number of hydrogen-bond donors (Lipinski definition) is 1. The van der Waals surface area contributed by atoms with Crippen molar-refractivity contribution >= 4 is 21.4 Å². The fourth-order valence-electron chi connectivity index (χ4n) is 1.33. The van der Waals surface area contributed by atoms with Crippen molar-refractivity contribution in [2.75, 3.05) is 6.26 Å². The first-order chi connectivity index (χ1) is 8.35. The number of aromatic nitrogens is 2. The van der Waals surface area contributed by atoms with Crippen LogP contribution in [0.25, 0.3) is 11.5 Å². The summed E-state index contributed by atoms with van der Waals surface area (Å²) in [5.41, 5.74) is 0.351. The monoisotopic (exact) mass is 288 g/mol. The highest BCUT2D eigenvalue weighted by molar-refractivity contribution is 7.89. The number of nitrogens with zero attached hydrogens (tertiary/aromatic N) is 2. The third-order valence-corrected chi connectivity index (χ3v) is 3.15. The molecule has 1 heterocycles. The summed E-state index contributed by atoms with van der Waals surface area (Å²) in [5.74, 6) is -0.203. The summed E-state index contributed by atoms with van der Waals surface area (Å²) in [5, 5.41) is 13.2. The van der Waals surface area contributed by atoms with Gasteiger partial charge in [-0.2, -0.15) is 4.98 Å². The van der Waals surface area contributed by atoms with Gasteiger partial charge in [0.1, 0.15) is 11.5 Å². The van der Waals surface area contributed by atoms with E-state index in [-0.39, 0.29) is 23.2 Å². The van der Waals surface area contributed by atoms with Crippen LogP contribution in [0, 0.1) is 0 Å². The number of phenols is 1. The van der Waals surface area contributed by atoms with E-state index in [2.05, 4.69) is 10.1 Å². The van der Waals surface area contributed by atoms with Crippen LogP contribution in [0.3, 0.4) is 0 Å². The minimum Gasteiger partial charge on any atom is -0.508 e. The van der Waals surface area contributed by atoms with Crippen LogP contribution in [0.4, 0.5) is 0 Å². The Balaban J connectivity index is 2.38. The first-order valence-corrected chi connectivity index (χ1v) is 7.28. The second-order valence-electron chi connectivity index (χ2n) is 3.75. The lowest BCUT2D eigenvalue weighted by atomic mass is 10.2. The van der Waals surface area contributed by atoms with Crippen LogP contribution < -0.4 is 0 Å². The zero-order valence-corrected chi connectivity index (χ0v) is 10.9. The molecule has 0 atom stereocenters. The second-order valence-corrected chi connectivity index (χ2v) is 6.30. The van der Waals surface area contributed by atoms with Gasteiger partial charge in [-0.3, -0.25) is 0 Å². The SMILES string of the molecule is CS(=O)(=O)Cc1noc(-c2cc(O)ccc2Cl)n1. The van der Waals surface area contributed by atoms with Gasteiger partial charge in [0.25, 0.3) is 5.89 Å². The van der Waals surface area contributed by atoms with Gasteiger partial charge >= 0.3 is 0 Å². The lowest BCUT2D eigenvalue weighted by molar-refractivity contribution is 0.424. The molecule has 0 aliphatic carbocycles. The molecule has 1 N–H and O–H groups in total. The van der Waals surface area contributed by atoms with E-state index in [1.54, 1.807) is 0 Å². The standard InChI is InChI=1S/C10H9ClN2O4S/c1-18(15,16)5-9-12-10(17-13-9)7-4-6(14)2-3-8(7)11/h2-4,14H,5H2,1H3. The van der Waals surface area contributed by atoms with Crippen LogP contribution in [0.2, 0.25) is 5.02 Å². The van der Waals surface area contributed by atoms with Crippen molar-refractivity contribution in [2.45, 2.75) is 5.75 Å². The molecule has 2 rings (SSSR count). The Morgan fingerprint density at radius 2 is 2.17 bits per heavy atom. The summed E-state index contributed by atoms with van der Waals surface area (Å²) in [4.78, 5) is 3.92. The maximum atomic E-state index is 11.1. The van der Waals surface area contributed by atoms with Crippen LogP contribution in [0.1, 0.15) is 5.82 Å². The summed E-state index contributed by atoms with van der Waals surface area (Å²) in [6, 6.07) is 4.26. The van der Waals surface area contributed by atoms with Gasteiger partial charge in [-0.15, -0.1) is 0 Å². The molecule has 96 valence electrons. The molecular formula is C10H9ClN2O4S. The minimum atomic E-state index is -3.23. The van der Waals surface area contributed by atoms with Crippen LogP contribution in [-0.4, -0.2) is 29.9 Å². The molecule has 0 bridgehead atoms. The average Bonchev–Trinajstić information content (AvgIpc) is 2.67. The molecule has 18 heavy (non-hydrogen) atoms. The maximum absolute atomic E-state index is 11.1. The van der Waals surface area contributed by atoms with Crippen molar-refractivity contribution in [3.63, 3.8) is 0 Å². The average molecular weight is 289 g/mol.